The predicted molar refractivity (Wildman–Crippen MR) is 67.7 cm³/mol. The summed E-state index contributed by atoms with van der Waals surface area (Å²) < 4.78 is 14.9. The first-order chi connectivity index (χ1) is 8.99. The summed E-state index contributed by atoms with van der Waals surface area (Å²) in [4.78, 5) is 22.8. The van der Waals surface area contributed by atoms with Gasteiger partial charge in [0.25, 0.3) is 0 Å². The van der Waals surface area contributed by atoms with E-state index in [0.717, 1.165) is 0 Å². The minimum absolute atomic E-state index is 0.320. The van der Waals surface area contributed by atoms with Gasteiger partial charge in [-0.15, -0.1) is 0 Å². The van der Waals surface area contributed by atoms with Crippen LogP contribution in [0.2, 0.25) is 0 Å². The highest BCUT2D eigenvalue weighted by Crippen LogP contribution is 2.15. The van der Waals surface area contributed by atoms with E-state index < -0.39 is 12.0 Å². The van der Waals surface area contributed by atoms with Gasteiger partial charge in [0.15, 0.2) is 0 Å². The fraction of sp³-hybridized carbons (Fsp3) is 0.538. The number of esters is 2. The van der Waals surface area contributed by atoms with E-state index in [4.69, 9.17) is 9.15 Å². The molecule has 0 radical (unpaired) electrons. The largest absolute Gasteiger partial charge is 0.465 e. The van der Waals surface area contributed by atoms with Gasteiger partial charge in [0.05, 0.1) is 20.3 Å². The zero-order chi connectivity index (χ0) is 14.4. The number of hydrogen-bond donors (Lipinski definition) is 1. The number of ether oxygens (including phenoxy) is 2. The molecular formula is C13H19NO5. The molecule has 0 bridgehead atoms. The summed E-state index contributed by atoms with van der Waals surface area (Å²) in [6.07, 6.45) is 0. The topological polar surface area (TPSA) is 77.8 Å². The van der Waals surface area contributed by atoms with E-state index in [1.165, 1.54) is 7.11 Å². The first kappa shape index (κ1) is 15.2. The van der Waals surface area contributed by atoms with E-state index in [1.54, 1.807) is 26.8 Å². The Kier molecular flexibility index (Phi) is 5.57. The van der Waals surface area contributed by atoms with Crippen LogP contribution in [0.3, 0.4) is 0 Å². The third-order valence-electron chi connectivity index (χ3n) is 2.60. The van der Waals surface area contributed by atoms with E-state index in [-0.39, 0.29) is 5.97 Å². The predicted octanol–water partition coefficient (Wildman–Crippen LogP) is 1.42. The lowest BCUT2D eigenvalue weighted by molar-refractivity contribution is -0.145. The van der Waals surface area contributed by atoms with Crippen LogP contribution in [0.15, 0.2) is 10.5 Å². The van der Waals surface area contributed by atoms with Gasteiger partial charge >= 0.3 is 11.9 Å². The Morgan fingerprint density at radius 3 is 2.74 bits per heavy atom. The fourth-order valence-electron chi connectivity index (χ4n) is 1.55. The number of aryl methyl sites for hydroxylation is 1. The zero-order valence-electron chi connectivity index (χ0n) is 11.6. The summed E-state index contributed by atoms with van der Waals surface area (Å²) in [5, 5.41) is 2.96. The molecule has 1 rings (SSSR count). The van der Waals surface area contributed by atoms with Crippen LogP contribution in [-0.2, 0) is 20.8 Å². The first-order valence-corrected chi connectivity index (χ1v) is 6.07. The van der Waals surface area contributed by atoms with Crippen LogP contribution in [0.5, 0.6) is 0 Å². The highest BCUT2D eigenvalue weighted by Gasteiger charge is 2.17. The van der Waals surface area contributed by atoms with Crippen LogP contribution in [0.1, 0.15) is 35.7 Å². The van der Waals surface area contributed by atoms with Crippen molar-refractivity contribution in [1.29, 1.82) is 0 Å². The second kappa shape index (κ2) is 6.94. The van der Waals surface area contributed by atoms with Crippen molar-refractivity contribution >= 4 is 11.9 Å². The minimum atomic E-state index is -0.439. The van der Waals surface area contributed by atoms with Crippen LogP contribution >= 0.6 is 0 Å². The van der Waals surface area contributed by atoms with Crippen molar-refractivity contribution in [2.24, 2.45) is 0 Å². The average molecular weight is 269 g/mol. The Morgan fingerprint density at radius 1 is 1.47 bits per heavy atom. The van der Waals surface area contributed by atoms with Crippen molar-refractivity contribution in [1.82, 2.24) is 5.32 Å². The maximum Gasteiger partial charge on any atom is 0.341 e. The molecule has 106 valence electrons. The van der Waals surface area contributed by atoms with Gasteiger partial charge in [-0.1, -0.05) is 0 Å². The lowest BCUT2D eigenvalue weighted by Gasteiger charge is -2.10. The molecule has 1 unspecified atom stereocenters. The van der Waals surface area contributed by atoms with E-state index in [1.807, 2.05) is 0 Å². The second-order valence-corrected chi connectivity index (χ2v) is 4.03. The zero-order valence-corrected chi connectivity index (χ0v) is 11.6. The van der Waals surface area contributed by atoms with Crippen molar-refractivity contribution < 1.29 is 23.5 Å². The maximum absolute atomic E-state index is 11.4. The van der Waals surface area contributed by atoms with Gasteiger partial charge in [-0.3, -0.25) is 10.1 Å². The van der Waals surface area contributed by atoms with Crippen LogP contribution in [0.4, 0.5) is 0 Å². The number of rotatable bonds is 6. The molecular weight excluding hydrogens is 250 g/mol. The average Bonchev–Trinajstić information content (AvgIpc) is 2.76. The molecule has 1 heterocycles. The van der Waals surface area contributed by atoms with Gasteiger partial charge in [0.1, 0.15) is 23.1 Å². The van der Waals surface area contributed by atoms with Gasteiger partial charge in [-0.2, -0.15) is 0 Å². The number of hydrogen-bond acceptors (Lipinski definition) is 6. The molecule has 6 heteroatoms. The number of methoxy groups -OCH3 is 1. The Balaban J connectivity index is 2.59. The molecule has 0 saturated carbocycles. The quantitative estimate of drug-likeness (QED) is 0.787. The van der Waals surface area contributed by atoms with Crippen molar-refractivity contribution in [3.05, 3.63) is 23.2 Å². The Bertz CT molecular complexity index is 452. The van der Waals surface area contributed by atoms with Crippen molar-refractivity contribution in [2.45, 2.75) is 33.4 Å². The van der Waals surface area contributed by atoms with Crippen LogP contribution in [-0.4, -0.2) is 31.7 Å². The Hall–Kier alpha value is -1.82. The summed E-state index contributed by atoms with van der Waals surface area (Å²) in [6.45, 7) is 5.82. The van der Waals surface area contributed by atoms with E-state index in [2.05, 4.69) is 10.1 Å². The summed E-state index contributed by atoms with van der Waals surface area (Å²) in [5.41, 5.74) is 0.392. The van der Waals surface area contributed by atoms with Crippen LogP contribution in [0, 0.1) is 6.92 Å². The smallest absolute Gasteiger partial charge is 0.341 e. The number of carbonyl (C=O) groups is 2. The summed E-state index contributed by atoms with van der Waals surface area (Å²) in [7, 11) is 1.32. The molecule has 0 fully saturated rings. The maximum atomic E-state index is 11.4. The lowest BCUT2D eigenvalue weighted by atomic mass is 10.2. The molecule has 0 amide bonds. The number of nitrogens with one attached hydrogen (secondary N) is 1. The molecule has 0 aliphatic carbocycles. The summed E-state index contributed by atoms with van der Waals surface area (Å²) >= 11 is 0. The molecule has 0 aliphatic heterocycles. The normalized spacial score (nSPS) is 12.0. The van der Waals surface area contributed by atoms with Crippen LogP contribution in [0.25, 0.3) is 0 Å². The molecule has 6 nitrogen and oxygen atoms in total. The summed E-state index contributed by atoms with van der Waals surface area (Å²) in [5.74, 6) is 0.298. The van der Waals surface area contributed by atoms with Gasteiger partial charge in [-0.25, -0.2) is 4.79 Å². The molecule has 1 aromatic rings. The minimum Gasteiger partial charge on any atom is -0.465 e. The molecule has 0 saturated heterocycles. The van der Waals surface area contributed by atoms with E-state index in [9.17, 15) is 9.59 Å². The Morgan fingerprint density at radius 2 is 2.16 bits per heavy atom. The fourth-order valence-corrected chi connectivity index (χ4v) is 1.55. The standard InChI is InChI=1S/C13H19NO5/c1-5-18-12(15)8(2)14-7-10-6-11(9(3)19-10)13(16)17-4/h6,8,14H,5,7H2,1-4H3. The monoisotopic (exact) mass is 269 g/mol. The number of furan rings is 1. The van der Waals surface area contributed by atoms with Gasteiger partial charge < -0.3 is 13.9 Å². The van der Waals surface area contributed by atoms with Crippen LogP contribution < -0.4 is 5.32 Å². The molecule has 1 aromatic heterocycles. The SMILES string of the molecule is CCOC(=O)C(C)NCc1cc(C(=O)OC)c(C)o1. The molecule has 19 heavy (non-hydrogen) atoms. The van der Waals surface area contributed by atoms with Gasteiger partial charge in [-0.05, 0) is 26.8 Å². The highest BCUT2D eigenvalue weighted by molar-refractivity contribution is 5.90. The van der Waals surface area contributed by atoms with Crippen molar-refractivity contribution in [3.63, 3.8) is 0 Å². The Labute approximate surface area is 112 Å². The van der Waals surface area contributed by atoms with E-state index in [0.29, 0.717) is 30.2 Å². The summed E-state index contributed by atoms with van der Waals surface area (Å²) in [6, 6.07) is 1.17. The third kappa shape index (κ3) is 4.10. The second-order valence-electron chi connectivity index (χ2n) is 4.03. The molecule has 1 N–H and O–H groups in total. The van der Waals surface area contributed by atoms with Crippen molar-refractivity contribution in [3.8, 4) is 0 Å². The third-order valence-corrected chi connectivity index (χ3v) is 2.60. The van der Waals surface area contributed by atoms with E-state index >= 15 is 0 Å². The molecule has 0 aliphatic rings. The molecule has 0 aromatic carbocycles. The molecule has 1 atom stereocenters. The van der Waals surface area contributed by atoms with Crippen molar-refractivity contribution in [2.75, 3.05) is 13.7 Å². The highest BCUT2D eigenvalue weighted by atomic mass is 16.5. The molecule has 0 spiro atoms. The van der Waals surface area contributed by atoms with Gasteiger partial charge in [0, 0.05) is 0 Å². The van der Waals surface area contributed by atoms with Gasteiger partial charge in [0.2, 0.25) is 0 Å². The first-order valence-electron chi connectivity index (χ1n) is 6.07. The number of carbonyl (C=O) groups excluding carboxylic acids is 2. The lowest BCUT2D eigenvalue weighted by Crippen LogP contribution is -2.34.